The molecule has 2 aromatic rings. The van der Waals surface area contributed by atoms with Crippen LogP contribution in [0.3, 0.4) is 0 Å². The largest absolute Gasteiger partial charge is 0.477 e. The van der Waals surface area contributed by atoms with Gasteiger partial charge in [0.25, 0.3) is 5.91 Å². The summed E-state index contributed by atoms with van der Waals surface area (Å²) in [4.78, 5) is 23.2. The van der Waals surface area contributed by atoms with Gasteiger partial charge in [0.2, 0.25) is 0 Å². The Balaban J connectivity index is 2.18. The molecule has 0 radical (unpaired) electrons. The number of aromatic carboxylic acids is 1. The maximum Gasteiger partial charge on any atom is 0.345 e. The van der Waals surface area contributed by atoms with Gasteiger partial charge < -0.3 is 10.4 Å². The monoisotopic (exact) mass is 339 g/mol. The number of carbonyl (C=O) groups is 2. The average Bonchev–Trinajstić information content (AvgIpc) is 2.76. The topological polar surface area (TPSA) is 66.4 Å². The Hall–Kier alpha value is -1.66. The average molecular weight is 340 g/mol. The van der Waals surface area contributed by atoms with Gasteiger partial charge in [0, 0.05) is 10.2 Å². The van der Waals surface area contributed by atoms with Crippen LogP contribution in [0.1, 0.15) is 24.9 Å². The van der Waals surface area contributed by atoms with Crippen LogP contribution in [0, 0.1) is 6.92 Å². The molecule has 1 aromatic heterocycles. The molecule has 0 unspecified atom stereocenters. The second-order valence-corrected chi connectivity index (χ2v) is 5.94. The highest BCUT2D eigenvalue weighted by Gasteiger charge is 2.13. The highest BCUT2D eigenvalue weighted by atomic mass is 79.9. The van der Waals surface area contributed by atoms with Crippen LogP contribution in [-0.2, 0) is 0 Å². The number of anilines is 1. The minimum atomic E-state index is -1.03. The number of benzene rings is 1. The third kappa shape index (κ3) is 3.42. The molecule has 0 saturated heterocycles. The molecule has 2 N–H and O–H groups in total. The maximum absolute atomic E-state index is 12.0. The van der Waals surface area contributed by atoms with E-state index in [4.69, 9.17) is 5.11 Å². The summed E-state index contributed by atoms with van der Waals surface area (Å²) in [6.07, 6.45) is 0. The summed E-state index contributed by atoms with van der Waals surface area (Å²) in [6.45, 7) is 1.92. The summed E-state index contributed by atoms with van der Waals surface area (Å²) < 4.78 is 0.875. The number of carboxylic acids is 1. The van der Waals surface area contributed by atoms with E-state index in [1.54, 1.807) is 6.07 Å². The lowest BCUT2D eigenvalue weighted by Crippen LogP contribution is -2.10. The minimum absolute atomic E-state index is 0.149. The van der Waals surface area contributed by atoms with Crippen molar-refractivity contribution in [2.45, 2.75) is 6.92 Å². The van der Waals surface area contributed by atoms with Gasteiger partial charge >= 0.3 is 5.97 Å². The molecule has 19 heavy (non-hydrogen) atoms. The zero-order valence-corrected chi connectivity index (χ0v) is 12.3. The number of carboxylic acid groups (broad SMARTS) is 1. The number of hydrogen-bond donors (Lipinski definition) is 2. The maximum atomic E-state index is 12.0. The van der Waals surface area contributed by atoms with Crippen LogP contribution in [0.25, 0.3) is 0 Å². The molecule has 0 spiro atoms. The van der Waals surface area contributed by atoms with Crippen LogP contribution in [0.15, 0.2) is 34.8 Å². The Kier molecular flexibility index (Phi) is 4.01. The Morgan fingerprint density at radius 2 is 1.89 bits per heavy atom. The number of thiophene rings is 1. The Labute approximate surface area is 122 Å². The van der Waals surface area contributed by atoms with E-state index in [1.165, 1.54) is 12.1 Å². The highest BCUT2D eigenvalue weighted by Crippen LogP contribution is 2.22. The molecule has 4 nitrogen and oxygen atoms in total. The minimum Gasteiger partial charge on any atom is -0.477 e. The molecule has 1 heterocycles. The van der Waals surface area contributed by atoms with Crippen LogP contribution in [0.2, 0.25) is 0 Å². The van der Waals surface area contributed by atoms with Crippen molar-refractivity contribution < 1.29 is 14.7 Å². The van der Waals surface area contributed by atoms with E-state index in [0.717, 1.165) is 21.4 Å². The fourth-order valence-electron chi connectivity index (χ4n) is 1.58. The van der Waals surface area contributed by atoms with E-state index >= 15 is 0 Å². The number of hydrogen-bond acceptors (Lipinski definition) is 3. The van der Waals surface area contributed by atoms with E-state index in [1.807, 2.05) is 19.1 Å². The summed E-state index contributed by atoms with van der Waals surface area (Å²) in [7, 11) is 0. The zero-order chi connectivity index (χ0) is 14.0. The second-order valence-electron chi connectivity index (χ2n) is 3.94. The van der Waals surface area contributed by atoms with Gasteiger partial charge in [0.1, 0.15) is 4.88 Å². The summed E-state index contributed by atoms with van der Waals surface area (Å²) in [5.41, 5.74) is 1.68. The van der Waals surface area contributed by atoms with E-state index in [0.29, 0.717) is 10.6 Å². The van der Waals surface area contributed by atoms with Crippen LogP contribution < -0.4 is 5.32 Å². The van der Waals surface area contributed by atoms with Crippen molar-refractivity contribution in [3.63, 3.8) is 0 Å². The molecule has 1 amide bonds. The Bertz CT molecular complexity index is 631. The third-order valence-corrected chi connectivity index (χ3v) is 3.87. The Morgan fingerprint density at radius 1 is 1.21 bits per heavy atom. The molecule has 0 saturated carbocycles. The first-order valence-corrected chi connectivity index (χ1v) is 6.98. The molecule has 0 aliphatic rings. The van der Waals surface area contributed by atoms with Gasteiger partial charge in [-0.2, -0.15) is 0 Å². The van der Waals surface area contributed by atoms with Gasteiger partial charge in [-0.25, -0.2) is 4.79 Å². The number of nitrogens with one attached hydrogen (secondary N) is 1. The lowest BCUT2D eigenvalue weighted by molar-refractivity contribution is 0.0702. The first-order chi connectivity index (χ1) is 8.95. The van der Waals surface area contributed by atoms with E-state index < -0.39 is 5.97 Å². The van der Waals surface area contributed by atoms with Gasteiger partial charge in [-0.15, -0.1) is 11.3 Å². The quantitative estimate of drug-likeness (QED) is 0.894. The first-order valence-electron chi connectivity index (χ1n) is 5.37. The zero-order valence-electron chi connectivity index (χ0n) is 9.94. The fraction of sp³-hybridized carbons (Fsp3) is 0.0769. The van der Waals surface area contributed by atoms with Gasteiger partial charge in [-0.1, -0.05) is 15.9 Å². The van der Waals surface area contributed by atoms with Crippen molar-refractivity contribution in [3.05, 3.63) is 50.1 Å². The van der Waals surface area contributed by atoms with Gasteiger partial charge in [0.05, 0.1) is 4.88 Å². The predicted molar refractivity (Wildman–Crippen MR) is 78.1 cm³/mol. The SMILES string of the molecule is Cc1cc(Br)cc(NC(=O)c2ccc(C(=O)O)s2)c1. The molecule has 0 bridgehead atoms. The molecule has 6 heteroatoms. The van der Waals surface area contributed by atoms with Crippen LogP contribution in [0.5, 0.6) is 0 Å². The number of aryl methyl sites for hydroxylation is 1. The highest BCUT2D eigenvalue weighted by molar-refractivity contribution is 9.10. The number of rotatable bonds is 3. The summed E-state index contributed by atoms with van der Waals surface area (Å²) >= 11 is 4.31. The number of halogens is 1. The van der Waals surface area contributed by atoms with Crippen LogP contribution >= 0.6 is 27.3 Å². The van der Waals surface area contributed by atoms with Gasteiger partial charge in [0.15, 0.2) is 0 Å². The molecular weight excluding hydrogens is 330 g/mol. The van der Waals surface area contributed by atoms with Gasteiger partial charge in [-0.3, -0.25) is 4.79 Å². The van der Waals surface area contributed by atoms with E-state index in [2.05, 4.69) is 21.2 Å². The molecule has 0 atom stereocenters. The predicted octanol–water partition coefficient (Wildman–Crippen LogP) is 3.77. The Morgan fingerprint density at radius 3 is 2.47 bits per heavy atom. The third-order valence-electron chi connectivity index (χ3n) is 2.34. The van der Waals surface area contributed by atoms with Crippen molar-refractivity contribution >= 4 is 44.8 Å². The molecule has 0 fully saturated rings. The molecular formula is C13H10BrNO3S. The van der Waals surface area contributed by atoms with E-state index in [-0.39, 0.29) is 10.8 Å². The first kappa shape index (κ1) is 13.8. The second kappa shape index (κ2) is 5.54. The molecule has 0 aliphatic heterocycles. The van der Waals surface area contributed by atoms with Crippen molar-refractivity contribution in [3.8, 4) is 0 Å². The molecule has 0 aliphatic carbocycles. The van der Waals surface area contributed by atoms with Crippen molar-refractivity contribution in [1.82, 2.24) is 0 Å². The number of amides is 1. The number of carbonyl (C=O) groups excluding carboxylic acids is 1. The molecule has 2 rings (SSSR count). The van der Waals surface area contributed by atoms with Crippen LogP contribution in [-0.4, -0.2) is 17.0 Å². The van der Waals surface area contributed by atoms with Crippen molar-refractivity contribution in [2.24, 2.45) is 0 Å². The standard InChI is InChI=1S/C13H10BrNO3S/c1-7-4-8(14)6-9(5-7)15-12(16)10-2-3-11(19-10)13(17)18/h2-6H,1H3,(H,15,16)(H,17,18). The lowest BCUT2D eigenvalue weighted by atomic mass is 10.2. The van der Waals surface area contributed by atoms with Gasteiger partial charge in [-0.05, 0) is 42.8 Å². The van der Waals surface area contributed by atoms with E-state index in [9.17, 15) is 9.59 Å². The van der Waals surface area contributed by atoms with Crippen molar-refractivity contribution in [2.75, 3.05) is 5.32 Å². The summed E-state index contributed by atoms with van der Waals surface area (Å²) in [5, 5.41) is 11.6. The van der Waals surface area contributed by atoms with Crippen LogP contribution in [0.4, 0.5) is 5.69 Å². The summed E-state index contributed by atoms with van der Waals surface area (Å²) in [6, 6.07) is 8.50. The summed E-state index contributed by atoms with van der Waals surface area (Å²) in [5.74, 6) is -1.34. The smallest absolute Gasteiger partial charge is 0.345 e. The normalized spacial score (nSPS) is 10.2. The molecule has 1 aromatic carbocycles. The lowest BCUT2D eigenvalue weighted by Gasteiger charge is -2.05. The fourth-order valence-corrected chi connectivity index (χ4v) is 2.92. The van der Waals surface area contributed by atoms with Crippen molar-refractivity contribution in [1.29, 1.82) is 0 Å². The molecule has 98 valence electrons.